The Balaban J connectivity index is 2.03. The summed E-state index contributed by atoms with van der Waals surface area (Å²) in [5, 5.41) is 4.94. The van der Waals surface area contributed by atoms with Gasteiger partial charge in [0.05, 0.1) is 15.1 Å². The Morgan fingerprint density at radius 2 is 1.71 bits per heavy atom. The summed E-state index contributed by atoms with van der Waals surface area (Å²) in [5.74, 6) is 0.626. The number of rotatable bonds is 5. The largest absolute Gasteiger partial charge is 0.486 e. The van der Waals surface area contributed by atoms with Crippen LogP contribution in [0.25, 0.3) is 0 Å². The third-order valence-corrected chi connectivity index (χ3v) is 4.82. The maximum atomic E-state index is 6.21. The molecule has 5 heteroatoms. The van der Waals surface area contributed by atoms with Crippen LogP contribution in [0.4, 0.5) is 0 Å². The molecule has 1 N–H and O–H groups in total. The van der Waals surface area contributed by atoms with E-state index in [0.717, 1.165) is 25.8 Å². The lowest BCUT2D eigenvalue weighted by molar-refractivity contribution is -0.0151. The summed E-state index contributed by atoms with van der Waals surface area (Å²) in [4.78, 5) is 0. The fourth-order valence-corrected chi connectivity index (χ4v) is 3.03. The minimum atomic E-state index is -0.126. The molecule has 118 valence electrons. The molecule has 0 spiro atoms. The van der Waals surface area contributed by atoms with Crippen molar-refractivity contribution in [3.63, 3.8) is 0 Å². The van der Waals surface area contributed by atoms with Crippen LogP contribution in [-0.4, -0.2) is 17.7 Å². The van der Waals surface area contributed by atoms with Crippen molar-refractivity contribution in [3.05, 3.63) is 27.2 Å². The highest BCUT2D eigenvalue weighted by molar-refractivity contribution is 6.43. The van der Waals surface area contributed by atoms with Gasteiger partial charge in [-0.2, -0.15) is 0 Å². The number of nitrogens with one attached hydrogen (secondary N) is 1. The van der Waals surface area contributed by atoms with E-state index in [0.29, 0.717) is 20.8 Å². The van der Waals surface area contributed by atoms with E-state index in [4.69, 9.17) is 39.5 Å². The van der Waals surface area contributed by atoms with E-state index in [9.17, 15) is 0 Å². The van der Waals surface area contributed by atoms with Gasteiger partial charge in [0.1, 0.15) is 11.4 Å². The van der Waals surface area contributed by atoms with E-state index in [1.54, 1.807) is 12.1 Å². The van der Waals surface area contributed by atoms with Gasteiger partial charge in [0, 0.05) is 11.6 Å². The summed E-state index contributed by atoms with van der Waals surface area (Å²) < 4.78 is 6.20. The molecule has 0 amide bonds. The van der Waals surface area contributed by atoms with Crippen LogP contribution in [0.1, 0.15) is 46.5 Å². The summed E-state index contributed by atoms with van der Waals surface area (Å²) in [6, 6.07) is 3.35. The Morgan fingerprint density at radius 1 is 1.10 bits per heavy atom. The van der Waals surface area contributed by atoms with Crippen molar-refractivity contribution in [2.45, 2.75) is 57.6 Å². The highest BCUT2D eigenvalue weighted by atomic mass is 35.5. The molecular formula is C16H22Cl3NO. The molecule has 0 heterocycles. The molecule has 0 bridgehead atoms. The van der Waals surface area contributed by atoms with Crippen LogP contribution in [-0.2, 0) is 0 Å². The lowest BCUT2D eigenvalue weighted by Crippen LogP contribution is -2.47. The van der Waals surface area contributed by atoms with E-state index in [1.165, 1.54) is 6.42 Å². The van der Waals surface area contributed by atoms with Crippen molar-refractivity contribution in [1.29, 1.82) is 0 Å². The van der Waals surface area contributed by atoms with Crippen LogP contribution in [0.3, 0.4) is 0 Å². The molecule has 0 saturated heterocycles. The predicted molar refractivity (Wildman–Crippen MR) is 91.1 cm³/mol. The van der Waals surface area contributed by atoms with E-state index >= 15 is 0 Å². The second-order valence-electron chi connectivity index (χ2n) is 6.76. The van der Waals surface area contributed by atoms with Crippen LogP contribution in [0, 0.1) is 0 Å². The molecule has 0 unspecified atom stereocenters. The van der Waals surface area contributed by atoms with Gasteiger partial charge in [-0.3, -0.25) is 0 Å². The summed E-state index contributed by atoms with van der Waals surface area (Å²) in [7, 11) is 0. The van der Waals surface area contributed by atoms with Crippen LogP contribution in [0.15, 0.2) is 12.1 Å². The van der Waals surface area contributed by atoms with Crippen LogP contribution >= 0.6 is 34.8 Å². The van der Waals surface area contributed by atoms with Crippen LogP contribution in [0.5, 0.6) is 5.75 Å². The average Bonchev–Trinajstić information content (AvgIpc) is 2.30. The van der Waals surface area contributed by atoms with Crippen molar-refractivity contribution in [1.82, 2.24) is 5.32 Å². The Kier molecular flexibility index (Phi) is 5.36. The Bertz CT molecular complexity index is 507. The summed E-state index contributed by atoms with van der Waals surface area (Å²) in [6.07, 6.45) is 4.25. The molecule has 1 aromatic carbocycles. The van der Waals surface area contributed by atoms with Crippen molar-refractivity contribution in [2.75, 3.05) is 6.54 Å². The van der Waals surface area contributed by atoms with E-state index < -0.39 is 0 Å². The van der Waals surface area contributed by atoms with E-state index in [2.05, 4.69) is 26.1 Å². The zero-order valence-corrected chi connectivity index (χ0v) is 15.0. The first-order valence-electron chi connectivity index (χ1n) is 7.29. The monoisotopic (exact) mass is 349 g/mol. The van der Waals surface area contributed by atoms with Gasteiger partial charge in [-0.15, -0.1) is 0 Å². The minimum Gasteiger partial charge on any atom is -0.486 e. The first-order valence-corrected chi connectivity index (χ1v) is 8.43. The molecule has 0 aromatic heterocycles. The van der Waals surface area contributed by atoms with Gasteiger partial charge in [-0.1, -0.05) is 34.8 Å². The van der Waals surface area contributed by atoms with Gasteiger partial charge in [-0.05, 0) is 59.1 Å². The summed E-state index contributed by atoms with van der Waals surface area (Å²) >= 11 is 18.2. The molecule has 0 atom stereocenters. The summed E-state index contributed by atoms with van der Waals surface area (Å²) in [6.45, 7) is 7.41. The van der Waals surface area contributed by atoms with Crippen LogP contribution < -0.4 is 10.1 Å². The number of halogens is 3. The molecule has 1 aliphatic carbocycles. The highest BCUT2D eigenvalue weighted by Crippen LogP contribution is 2.43. The average molecular weight is 351 g/mol. The second-order valence-corrected chi connectivity index (χ2v) is 7.98. The predicted octanol–water partition coefficient (Wildman–Crippen LogP) is 5.73. The Morgan fingerprint density at radius 3 is 2.24 bits per heavy atom. The molecule has 2 nitrogen and oxygen atoms in total. The van der Waals surface area contributed by atoms with Crippen molar-refractivity contribution < 1.29 is 4.74 Å². The first-order chi connectivity index (χ1) is 9.71. The molecule has 1 fully saturated rings. The molecule has 1 saturated carbocycles. The molecule has 1 aliphatic rings. The minimum absolute atomic E-state index is 0.117. The zero-order chi connectivity index (χ0) is 15.7. The van der Waals surface area contributed by atoms with Gasteiger partial charge >= 0.3 is 0 Å². The SMILES string of the molecule is CC(C)(C)NCCC1(Oc2cc(Cl)c(Cl)cc2Cl)CCC1. The number of hydrogen-bond donors (Lipinski definition) is 1. The van der Waals surface area contributed by atoms with E-state index in [-0.39, 0.29) is 11.1 Å². The fraction of sp³-hybridized carbons (Fsp3) is 0.625. The third kappa shape index (κ3) is 4.66. The standard InChI is InChI=1S/C16H22Cl3NO/c1-15(2,3)20-8-7-16(5-4-6-16)21-14-10-12(18)11(17)9-13(14)19/h9-10,20H,4-8H2,1-3H3. The number of benzene rings is 1. The van der Waals surface area contributed by atoms with Gasteiger partial charge < -0.3 is 10.1 Å². The molecule has 2 rings (SSSR count). The third-order valence-electron chi connectivity index (χ3n) is 3.80. The normalized spacial score (nSPS) is 17.4. The molecule has 1 aromatic rings. The topological polar surface area (TPSA) is 21.3 Å². The number of ether oxygens (including phenoxy) is 1. The Hall–Kier alpha value is -0.150. The molecule has 21 heavy (non-hydrogen) atoms. The Labute approximate surface area is 142 Å². The van der Waals surface area contributed by atoms with Gasteiger partial charge in [0.25, 0.3) is 0 Å². The van der Waals surface area contributed by atoms with Gasteiger partial charge in [-0.25, -0.2) is 0 Å². The maximum absolute atomic E-state index is 6.21. The molecule has 0 radical (unpaired) electrons. The fourth-order valence-electron chi connectivity index (χ4n) is 2.46. The quantitative estimate of drug-likeness (QED) is 0.685. The van der Waals surface area contributed by atoms with Crippen LogP contribution in [0.2, 0.25) is 15.1 Å². The lowest BCUT2D eigenvalue weighted by atomic mass is 9.77. The second kappa shape index (κ2) is 6.54. The van der Waals surface area contributed by atoms with Gasteiger partial charge in [0.2, 0.25) is 0 Å². The van der Waals surface area contributed by atoms with Crippen molar-refractivity contribution in [2.24, 2.45) is 0 Å². The molecular weight excluding hydrogens is 329 g/mol. The smallest absolute Gasteiger partial charge is 0.140 e. The van der Waals surface area contributed by atoms with Gasteiger partial charge in [0.15, 0.2) is 0 Å². The highest BCUT2D eigenvalue weighted by Gasteiger charge is 2.39. The molecule has 0 aliphatic heterocycles. The maximum Gasteiger partial charge on any atom is 0.140 e. The zero-order valence-electron chi connectivity index (χ0n) is 12.7. The number of hydrogen-bond acceptors (Lipinski definition) is 2. The lowest BCUT2D eigenvalue weighted by Gasteiger charge is -2.43. The van der Waals surface area contributed by atoms with Crippen molar-refractivity contribution in [3.8, 4) is 5.75 Å². The first kappa shape index (κ1) is 17.2. The van der Waals surface area contributed by atoms with Crippen molar-refractivity contribution >= 4 is 34.8 Å². The van der Waals surface area contributed by atoms with E-state index in [1.807, 2.05) is 0 Å². The summed E-state index contributed by atoms with van der Waals surface area (Å²) in [5.41, 5.74) is -0.00872.